The average Bonchev–Trinajstić information content (AvgIpc) is 2.97. The summed E-state index contributed by atoms with van der Waals surface area (Å²) >= 11 is 1.55. The van der Waals surface area contributed by atoms with Gasteiger partial charge in [0.25, 0.3) is 0 Å². The quantitative estimate of drug-likeness (QED) is 0.645. The fraction of sp³-hybridized carbons (Fsp3) is 0.263. The molecule has 0 radical (unpaired) electrons. The van der Waals surface area contributed by atoms with Crippen LogP contribution in [0.3, 0.4) is 0 Å². The molecule has 0 spiro atoms. The number of nitrogens with one attached hydrogen (secondary N) is 1. The van der Waals surface area contributed by atoms with Gasteiger partial charge in [-0.3, -0.25) is 0 Å². The number of thioether (sulfide) groups is 1. The molecule has 1 unspecified atom stereocenters. The van der Waals surface area contributed by atoms with Crippen molar-refractivity contribution in [1.82, 2.24) is 14.5 Å². The molecule has 0 aliphatic carbocycles. The highest BCUT2D eigenvalue weighted by Gasteiger charge is 2.18. The first kappa shape index (κ1) is 18.4. The van der Waals surface area contributed by atoms with Crippen molar-refractivity contribution >= 4 is 17.6 Å². The van der Waals surface area contributed by atoms with Crippen LogP contribution in [-0.4, -0.2) is 38.5 Å². The van der Waals surface area contributed by atoms with E-state index in [1.807, 2.05) is 30.0 Å². The lowest BCUT2D eigenvalue weighted by Gasteiger charge is -2.11. The zero-order chi connectivity index (χ0) is 18.7. The van der Waals surface area contributed by atoms with Crippen molar-refractivity contribution in [3.63, 3.8) is 0 Å². The van der Waals surface area contributed by atoms with Crippen molar-refractivity contribution in [3.8, 4) is 22.5 Å². The van der Waals surface area contributed by atoms with Gasteiger partial charge in [-0.05, 0) is 49.6 Å². The summed E-state index contributed by atoms with van der Waals surface area (Å²) in [4.78, 5) is 9.03. The lowest BCUT2D eigenvalue weighted by molar-refractivity contribution is 0.208. The summed E-state index contributed by atoms with van der Waals surface area (Å²) in [5, 5.41) is 13.4. The second kappa shape index (κ2) is 7.88. The van der Waals surface area contributed by atoms with E-state index >= 15 is 0 Å². The Labute approximate surface area is 156 Å². The van der Waals surface area contributed by atoms with Gasteiger partial charge in [-0.15, -0.1) is 0 Å². The van der Waals surface area contributed by atoms with Crippen molar-refractivity contribution < 1.29 is 9.50 Å². The first-order chi connectivity index (χ1) is 12.5. The molecule has 7 heteroatoms. The molecule has 2 N–H and O–H groups in total. The Morgan fingerprint density at radius 2 is 1.96 bits per heavy atom. The molecular formula is C19H21FN4OS. The molecule has 1 atom stereocenters. The first-order valence-electron chi connectivity index (χ1n) is 8.24. The molecule has 0 amide bonds. The van der Waals surface area contributed by atoms with E-state index in [2.05, 4.69) is 10.3 Å². The number of aromatic nitrogens is 3. The third-order valence-corrected chi connectivity index (χ3v) is 4.70. The summed E-state index contributed by atoms with van der Waals surface area (Å²) in [7, 11) is 1.96. The summed E-state index contributed by atoms with van der Waals surface area (Å²) in [6.45, 7) is 2.14. The number of aliphatic hydroxyl groups is 1. The minimum Gasteiger partial charge on any atom is -0.392 e. The van der Waals surface area contributed by atoms with Gasteiger partial charge in [-0.25, -0.2) is 14.4 Å². The van der Waals surface area contributed by atoms with Gasteiger partial charge in [0.1, 0.15) is 11.6 Å². The SMILES string of the molecule is CSc1nc(-c2ccc(F)cc2)c(-c2ccnc(NCC(C)O)c2)n1C. The highest BCUT2D eigenvalue weighted by Crippen LogP contribution is 2.35. The number of halogens is 1. The first-order valence-corrected chi connectivity index (χ1v) is 9.47. The number of benzene rings is 1. The molecule has 5 nitrogen and oxygen atoms in total. The number of pyridine rings is 1. The molecular weight excluding hydrogens is 351 g/mol. The topological polar surface area (TPSA) is 63.0 Å². The molecule has 26 heavy (non-hydrogen) atoms. The normalized spacial score (nSPS) is 12.2. The van der Waals surface area contributed by atoms with Crippen LogP contribution < -0.4 is 5.32 Å². The summed E-state index contributed by atoms with van der Waals surface area (Å²) < 4.78 is 15.3. The molecule has 0 fully saturated rings. The average molecular weight is 372 g/mol. The molecule has 0 aliphatic heterocycles. The molecule has 0 saturated heterocycles. The number of imidazole rings is 1. The fourth-order valence-electron chi connectivity index (χ4n) is 2.73. The molecule has 3 aromatic rings. The minimum absolute atomic E-state index is 0.273. The van der Waals surface area contributed by atoms with Crippen LogP contribution in [0.15, 0.2) is 47.8 Å². The van der Waals surface area contributed by atoms with E-state index < -0.39 is 6.10 Å². The molecule has 0 bridgehead atoms. The molecule has 136 valence electrons. The number of hydrogen-bond donors (Lipinski definition) is 2. The lowest BCUT2D eigenvalue weighted by atomic mass is 10.1. The zero-order valence-electron chi connectivity index (χ0n) is 14.9. The molecule has 0 aliphatic rings. The van der Waals surface area contributed by atoms with Crippen molar-refractivity contribution in [2.45, 2.75) is 18.2 Å². The van der Waals surface area contributed by atoms with Gasteiger partial charge in [0, 0.05) is 30.9 Å². The highest BCUT2D eigenvalue weighted by molar-refractivity contribution is 7.98. The maximum atomic E-state index is 13.3. The molecule has 2 heterocycles. The summed E-state index contributed by atoms with van der Waals surface area (Å²) in [5.41, 5.74) is 3.53. The zero-order valence-corrected chi connectivity index (χ0v) is 15.7. The van der Waals surface area contributed by atoms with E-state index in [1.165, 1.54) is 12.1 Å². The number of nitrogens with zero attached hydrogens (tertiary/aromatic N) is 3. The van der Waals surface area contributed by atoms with Crippen molar-refractivity contribution in [3.05, 3.63) is 48.4 Å². The predicted molar refractivity (Wildman–Crippen MR) is 104 cm³/mol. The van der Waals surface area contributed by atoms with Gasteiger partial charge in [0.2, 0.25) is 0 Å². The summed E-state index contributed by atoms with van der Waals surface area (Å²) in [5.74, 6) is 0.408. The van der Waals surface area contributed by atoms with Gasteiger partial charge in [-0.2, -0.15) is 0 Å². The highest BCUT2D eigenvalue weighted by atomic mass is 32.2. The number of rotatable bonds is 6. The summed E-state index contributed by atoms with van der Waals surface area (Å²) in [6.07, 6.45) is 3.23. The maximum absolute atomic E-state index is 13.3. The van der Waals surface area contributed by atoms with E-state index in [0.29, 0.717) is 12.4 Å². The van der Waals surface area contributed by atoms with E-state index in [0.717, 1.165) is 27.7 Å². The van der Waals surface area contributed by atoms with E-state index in [1.54, 1.807) is 37.0 Å². The van der Waals surface area contributed by atoms with Crippen molar-refractivity contribution in [2.24, 2.45) is 7.05 Å². The van der Waals surface area contributed by atoms with Crippen LogP contribution in [0, 0.1) is 5.82 Å². The third-order valence-electron chi connectivity index (χ3n) is 3.97. The van der Waals surface area contributed by atoms with Crippen LogP contribution in [0.5, 0.6) is 0 Å². The van der Waals surface area contributed by atoms with E-state index in [9.17, 15) is 9.50 Å². The van der Waals surface area contributed by atoms with Gasteiger partial charge in [-0.1, -0.05) is 11.8 Å². The van der Waals surface area contributed by atoms with Crippen LogP contribution in [0.25, 0.3) is 22.5 Å². The Morgan fingerprint density at radius 1 is 1.23 bits per heavy atom. The lowest BCUT2D eigenvalue weighted by Crippen LogP contribution is -2.15. The number of anilines is 1. The Morgan fingerprint density at radius 3 is 2.62 bits per heavy atom. The smallest absolute Gasteiger partial charge is 0.168 e. The monoisotopic (exact) mass is 372 g/mol. The number of aliphatic hydroxyl groups excluding tert-OH is 1. The third kappa shape index (κ3) is 3.89. The standard InChI is InChI=1S/C19H21FN4OS/c1-12(25)11-22-16-10-14(8-9-21-16)18-17(23-19(26-3)24(18)2)13-4-6-15(20)7-5-13/h4-10,12,25H,11H2,1-3H3,(H,21,22). The second-order valence-electron chi connectivity index (χ2n) is 6.02. The predicted octanol–water partition coefficient (Wildman–Crippen LogP) is 3.80. The minimum atomic E-state index is -0.463. The summed E-state index contributed by atoms with van der Waals surface area (Å²) in [6, 6.07) is 10.2. The van der Waals surface area contributed by atoms with Crippen molar-refractivity contribution in [2.75, 3.05) is 18.1 Å². The maximum Gasteiger partial charge on any atom is 0.168 e. The number of hydrogen-bond acceptors (Lipinski definition) is 5. The Balaban J connectivity index is 2.08. The van der Waals surface area contributed by atoms with Gasteiger partial charge >= 0.3 is 0 Å². The molecule has 1 aromatic carbocycles. The van der Waals surface area contributed by atoms with Gasteiger partial charge in [0.15, 0.2) is 5.16 Å². The van der Waals surface area contributed by atoms with Crippen LogP contribution in [-0.2, 0) is 7.05 Å². The van der Waals surface area contributed by atoms with Gasteiger partial charge < -0.3 is 15.0 Å². The Hall–Kier alpha value is -2.38. The second-order valence-corrected chi connectivity index (χ2v) is 6.79. The molecule has 2 aromatic heterocycles. The van der Waals surface area contributed by atoms with Crippen LogP contribution in [0.2, 0.25) is 0 Å². The van der Waals surface area contributed by atoms with E-state index in [-0.39, 0.29) is 5.82 Å². The molecule has 3 rings (SSSR count). The van der Waals surface area contributed by atoms with E-state index in [4.69, 9.17) is 4.98 Å². The largest absolute Gasteiger partial charge is 0.392 e. The fourth-order valence-corrected chi connectivity index (χ4v) is 3.27. The van der Waals surface area contributed by atoms with Gasteiger partial charge in [0.05, 0.1) is 17.5 Å². The van der Waals surface area contributed by atoms with Crippen LogP contribution in [0.4, 0.5) is 10.2 Å². The van der Waals surface area contributed by atoms with Crippen LogP contribution >= 0.6 is 11.8 Å². The van der Waals surface area contributed by atoms with Crippen LogP contribution in [0.1, 0.15) is 6.92 Å². The Bertz CT molecular complexity index is 893. The Kier molecular flexibility index (Phi) is 5.58. The molecule has 0 saturated carbocycles. The van der Waals surface area contributed by atoms with Crippen molar-refractivity contribution in [1.29, 1.82) is 0 Å².